The van der Waals surface area contributed by atoms with Crippen LogP contribution in [0.15, 0.2) is 35.9 Å². The summed E-state index contributed by atoms with van der Waals surface area (Å²) in [5.41, 5.74) is 3.46. The van der Waals surface area contributed by atoms with Crippen LogP contribution in [0.3, 0.4) is 0 Å². The van der Waals surface area contributed by atoms with Crippen LogP contribution in [0.1, 0.15) is 17.2 Å². The summed E-state index contributed by atoms with van der Waals surface area (Å²) in [6.07, 6.45) is 2.65. The summed E-state index contributed by atoms with van der Waals surface area (Å²) in [5, 5.41) is 9.36. The molecule has 90 valence electrons. The van der Waals surface area contributed by atoms with Crippen molar-refractivity contribution in [3.05, 3.63) is 47.0 Å². The Kier molecular flexibility index (Phi) is 3.82. The second kappa shape index (κ2) is 5.34. The van der Waals surface area contributed by atoms with Crippen LogP contribution >= 0.6 is 11.6 Å². The molecular weight excluding hydrogens is 238 g/mol. The smallest absolute Gasteiger partial charge is 0.325 e. The Bertz CT molecular complexity index is 445. The predicted molar refractivity (Wildman–Crippen MR) is 67.1 cm³/mol. The fourth-order valence-electron chi connectivity index (χ4n) is 2.28. The van der Waals surface area contributed by atoms with Crippen LogP contribution in [0.2, 0.25) is 0 Å². The van der Waals surface area contributed by atoms with Gasteiger partial charge in [0.05, 0.1) is 0 Å². The summed E-state index contributed by atoms with van der Waals surface area (Å²) in [5.74, 6) is -0.805. The van der Waals surface area contributed by atoms with E-state index >= 15 is 0 Å². The number of carbonyl (C=O) groups is 1. The van der Waals surface area contributed by atoms with E-state index in [9.17, 15) is 9.90 Å². The monoisotopic (exact) mass is 251 g/mol. The zero-order valence-electron chi connectivity index (χ0n) is 9.34. The van der Waals surface area contributed by atoms with Gasteiger partial charge in [-0.05, 0) is 17.5 Å². The summed E-state index contributed by atoms with van der Waals surface area (Å²) in [6, 6.07) is 7.17. The van der Waals surface area contributed by atoms with Crippen molar-refractivity contribution in [1.82, 2.24) is 4.90 Å². The number of nitrogens with zero attached hydrogens (tertiary/aromatic N) is 1. The number of benzene rings is 1. The molecule has 1 atom stereocenters. The maximum atomic E-state index is 11.4. The maximum absolute atomic E-state index is 11.4. The highest BCUT2D eigenvalue weighted by Crippen LogP contribution is 2.29. The number of hydrogen-bond acceptors (Lipinski definition) is 2. The van der Waals surface area contributed by atoms with Crippen LogP contribution in [0.5, 0.6) is 0 Å². The average molecular weight is 252 g/mol. The van der Waals surface area contributed by atoms with Gasteiger partial charge in [-0.1, -0.05) is 41.9 Å². The summed E-state index contributed by atoms with van der Waals surface area (Å²) >= 11 is 5.49. The lowest BCUT2D eigenvalue weighted by atomic mass is 9.92. The highest BCUT2D eigenvalue weighted by Gasteiger charge is 2.31. The van der Waals surface area contributed by atoms with Crippen molar-refractivity contribution in [2.24, 2.45) is 0 Å². The number of carboxylic acid groups (broad SMARTS) is 1. The normalized spacial score (nSPS) is 20.4. The molecule has 2 rings (SSSR count). The molecular formula is C13H14ClNO2. The van der Waals surface area contributed by atoms with Gasteiger partial charge in [0.15, 0.2) is 0 Å². The van der Waals surface area contributed by atoms with Gasteiger partial charge < -0.3 is 5.11 Å². The van der Waals surface area contributed by atoms with E-state index in [1.165, 1.54) is 5.54 Å². The predicted octanol–water partition coefficient (Wildman–Crippen LogP) is 2.42. The third-order valence-corrected chi connectivity index (χ3v) is 3.22. The third kappa shape index (κ3) is 2.51. The van der Waals surface area contributed by atoms with Crippen LogP contribution in [-0.2, 0) is 11.2 Å². The number of aliphatic carboxylic acids is 1. The highest BCUT2D eigenvalue weighted by molar-refractivity contribution is 6.25. The lowest BCUT2D eigenvalue weighted by Gasteiger charge is -2.33. The van der Waals surface area contributed by atoms with Gasteiger partial charge in [0.25, 0.3) is 0 Å². The van der Waals surface area contributed by atoms with Gasteiger partial charge in [-0.25, -0.2) is 0 Å². The summed E-state index contributed by atoms with van der Waals surface area (Å²) in [4.78, 5) is 13.3. The molecule has 1 unspecified atom stereocenters. The van der Waals surface area contributed by atoms with Crippen LogP contribution in [0.25, 0.3) is 0 Å². The van der Waals surface area contributed by atoms with Gasteiger partial charge in [0.1, 0.15) is 6.04 Å². The van der Waals surface area contributed by atoms with Crippen molar-refractivity contribution in [3.8, 4) is 0 Å². The van der Waals surface area contributed by atoms with Gasteiger partial charge in [-0.3, -0.25) is 9.69 Å². The van der Waals surface area contributed by atoms with Gasteiger partial charge in [-0.15, -0.1) is 0 Å². The SMILES string of the molecule is O=C(O)C1c2ccccc2CCN1CC=CCl. The number of fused-ring (bicyclic) bond motifs is 1. The first-order valence-corrected chi connectivity index (χ1v) is 5.97. The van der Waals surface area contributed by atoms with Gasteiger partial charge in [0, 0.05) is 18.6 Å². The molecule has 0 spiro atoms. The molecule has 0 fully saturated rings. The molecule has 3 nitrogen and oxygen atoms in total. The molecule has 1 aromatic rings. The molecule has 17 heavy (non-hydrogen) atoms. The molecule has 0 saturated heterocycles. The topological polar surface area (TPSA) is 40.5 Å². The number of hydrogen-bond donors (Lipinski definition) is 1. The Morgan fingerprint density at radius 3 is 3.00 bits per heavy atom. The quantitative estimate of drug-likeness (QED) is 0.897. The fraction of sp³-hybridized carbons (Fsp3) is 0.308. The van der Waals surface area contributed by atoms with Crippen molar-refractivity contribution >= 4 is 17.6 Å². The first-order chi connectivity index (χ1) is 8.24. The van der Waals surface area contributed by atoms with Gasteiger partial charge in [-0.2, -0.15) is 0 Å². The van der Waals surface area contributed by atoms with Crippen molar-refractivity contribution in [2.75, 3.05) is 13.1 Å². The maximum Gasteiger partial charge on any atom is 0.325 e. The van der Waals surface area contributed by atoms with E-state index in [1.807, 2.05) is 29.2 Å². The molecule has 1 aliphatic heterocycles. The Hall–Kier alpha value is -1.32. The molecule has 1 aliphatic rings. The van der Waals surface area contributed by atoms with Gasteiger partial charge in [0.2, 0.25) is 0 Å². The zero-order chi connectivity index (χ0) is 12.3. The molecule has 0 amide bonds. The highest BCUT2D eigenvalue weighted by atomic mass is 35.5. The van der Waals surface area contributed by atoms with E-state index in [0.717, 1.165) is 24.1 Å². The van der Waals surface area contributed by atoms with Crippen molar-refractivity contribution in [2.45, 2.75) is 12.5 Å². The molecule has 0 bridgehead atoms. The van der Waals surface area contributed by atoms with E-state index in [1.54, 1.807) is 6.08 Å². The summed E-state index contributed by atoms with van der Waals surface area (Å²) in [6.45, 7) is 1.31. The van der Waals surface area contributed by atoms with E-state index < -0.39 is 12.0 Å². The molecule has 0 saturated carbocycles. The van der Waals surface area contributed by atoms with Crippen molar-refractivity contribution < 1.29 is 9.90 Å². The van der Waals surface area contributed by atoms with Crippen LogP contribution < -0.4 is 0 Å². The number of rotatable bonds is 3. The minimum atomic E-state index is -0.805. The summed E-state index contributed by atoms with van der Waals surface area (Å²) in [7, 11) is 0. The van der Waals surface area contributed by atoms with Crippen molar-refractivity contribution in [3.63, 3.8) is 0 Å². The second-order valence-electron chi connectivity index (χ2n) is 4.05. The van der Waals surface area contributed by atoms with E-state index in [2.05, 4.69) is 0 Å². The lowest BCUT2D eigenvalue weighted by molar-refractivity contribution is -0.143. The molecule has 0 radical (unpaired) electrons. The fourth-order valence-corrected chi connectivity index (χ4v) is 2.36. The minimum absolute atomic E-state index is 0.562. The molecule has 0 aromatic heterocycles. The van der Waals surface area contributed by atoms with Crippen molar-refractivity contribution in [1.29, 1.82) is 0 Å². The largest absolute Gasteiger partial charge is 0.480 e. The Morgan fingerprint density at radius 2 is 2.29 bits per heavy atom. The summed E-state index contributed by atoms with van der Waals surface area (Å²) < 4.78 is 0. The van der Waals surface area contributed by atoms with Gasteiger partial charge >= 0.3 is 5.97 Å². The average Bonchev–Trinajstić information content (AvgIpc) is 2.35. The standard InChI is InChI=1S/C13H14ClNO2/c14-7-3-8-15-9-6-10-4-1-2-5-11(10)12(15)13(16)17/h1-5,7,12H,6,8-9H2,(H,16,17). The lowest BCUT2D eigenvalue weighted by Crippen LogP contribution is -2.39. The molecule has 0 aliphatic carbocycles. The molecule has 1 aromatic carbocycles. The van der Waals surface area contributed by atoms with E-state index in [-0.39, 0.29) is 0 Å². The molecule has 4 heteroatoms. The Labute approximate surface area is 105 Å². The van der Waals surface area contributed by atoms with E-state index in [0.29, 0.717) is 6.54 Å². The van der Waals surface area contributed by atoms with Crippen LogP contribution in [0, 0.1) is 0 Å². The second-order valence-corrected chi connectivity index (χ2v) is 4.30. The Morgan fingerprint density at radius 1 is 1.53 bits per heavy atom. The number of halogens is 1. The van der Waals surface area contributed by atoms with Crippen LogP contribution in [0.4, 0.5) is 0 Å². The van der Waals surface area contributed by atoms with E-state index in [4.69, 9.17) is 11.6 Å². The van der Waals surface area contributed by atoms with Crippen LogP contribution in [-0.4, -0.2) is 29.1 Å². The molecule has 1 heterocycles. The first-order valence-electron chi connectivity index (χ1n) is 5.54. The zero-order valence-corrected chi connectivity index (χ0v) is 10.1. The first kappa shape index (κ1) is 12.1. The third-order valence-electron chi connectivity index (χ3n) is 3.05. The Balaban J connectivity index is 2.32. The number of carboxylic acids is 1. The molecule has 1 N–H and O–H groups in total. The minimum Gasteiger partial charge on any atom is -0.480 e.